The molecule has 6 nitrogen and oxygen atoms in total. The van der Waals surface area contributed by atoms with Gasteiger partial charge >= 0.3 is 0 Å². The highest BCUT2D eigenvalue weighted by atomic mass is 16.5. The van der Waals surface area contributed by atoms with E-state index in [2.05, 4.69) is 10.3 Å². The van der Waals surface area contributed by atoms with Crippen LogP contribution in [0.4, 0.5) is 0 Å². The Bertz CT molecular complexity index is 701. The minimum absolute atomic E-state index is 0.212. The van der Waals surface area contributed by atoms with Gasteiger partial charge in [0.2, 0.25) is 0 Å². The molecule has 0 radical (unpaired) electrons. The summed E-state index contributed by atoms with van der Waals surface area (Å²) in [4.78, 5) is 21.8. The molecule has 3 rings (SSSR count). The average Bonchev–Trinajstić information content (AvgIpc) is 3.23. The number of hydrogen-bond acceptors (Lipinski definition) is 5. The van der Waals surface area contributed by atoms with Gasteiger partial charge in [0.05, 0.1) is 23.0 Å². The summed E-state index contributed by atoms with van der Waals surface area (Å²) in [6.45, 7) is 3.67. The second-order valence-corrected chi connectivity index (χ2v) is 6.06. The van der Waals surface area contributed by atoms with Crippen molar-refractivity contribution in [2.24, 2.45) is 5.18 Å². The molecule has 1 aliphatic rings. The largest absolute Gasteiger partial charge is 0.489 e. The fourth-order valence-corrected chi connectivity index (χ4v) is 2.30. The molecule has 6 heteroatoms. The molecule has 2 aromatic rings. The molecule has 1 saturated carbocycles. The van der Waals surface area contributed by atoms with E-state index in [1.165, 1.54) is 0 Å². The topological polar surface area (TPSA) is 73.0 Å². The summed E-state index contributed by atoms with van der Waals surface area (Å²) in [5.41, 5.74) is 1.56. The fraction of sp³-hybridized carbons (Fsp3) is 0.467. The first-order valence-electron chi connectivity index (χ1n) is 6.99. The molecule has 1 fully saturated rings. The van der Waals surface area contributed by atoms with Crippen LogP contribution in [0.2, 0.25) is 0 Å². The van der Waals surface area contributed by atoms with Crippen LogP contribution >= 0.6 is 0 Å². The van der Waals surface area contributed by atoms with Crippen molar-refractivity contribution in [2.45, 2.75) is 38.1 Å². The highest BCUT2D eigenvalue weighted by Gasteiger charge is 2.31. The molecular weight excluding hydrogens is 270 g/mol. The predicted octanol–water partition coefficient (Wildman–Crippen LogP) is 2.95. The van der Waals surface area contributed by atoms with Gasteiger partial charge in [0.25, 0.3) is 0 Å². The van der Waals surface area contributed by atoms with Crippen LogP contribution in [-0.2, 0) is 0 Å². The van der Waals surface area contributed by atoms with Crippen molar-refractivity contribution >= 4 is 11.8 Å². The third-order valence-electron chi connectivity index (χ3n) is 3.63. The van der Waals surface area contributed by atoms with Crippen LogP contribution in [0.3, 0.4) is 0 Å². The molecule has 0 atom stereocenters. The number of fused-ring (bicyclic) bond motifs is 1. The number of aldehydes is 1. The molecule has 0 bridgehead atoms. The summed E-state index contributed by atoms with van der Waals surface area (Å²) < 4.78 is 7.58. The van der Waals surface area contributed by atoms with Crippen LogP contribution in [0.5, 0.6) is 5.75 Å². The normalized spacial score (nSPS) is 15.1. The Morgan fingerprint density at radius 2 is 2.24 bits per heavy atom. The van der Waals surface area contributed by atoms with Crippen LogP contribution in [0, 0.1) is 4.91 Å². The summed E-state index contributed by atoms with van der Waals surface area (Å²) >= 11 is 0. The number of carbonyl (C=O) groups excluding carboxylic acids is 1. The second-order valence-electron chi connectivity index (χ2n) is 6.06. The maximum atomic E-state index is 11.0. The summed E-state index contributed by atoms with van der Waals surface area (Å²) in [6, 6.07) is 3.66. The minimum Gasteiger partial charge on any atom is -0.489 e. The molecule has 2 heterocycles. The molecule has 0 N–H and O–H groups in total. The van der Waals surface area contributed by atoms with Crippen LogP contribution < -0.4 is 4.74 Å². The molecule has 0 amide bonds. The highest BCUT2D eigenvalue weighted by Crippen LogP contribution is 2.44. The third-order valence-corrected chi connectivity index (χ3v) is 3.63. The Hall–Kier alpha value is -2.24. The van der Waals surface area contributed by atoms with Gasteiger partial charge in [-0.1, -0.05) is 5.18 Å². The van der Waals surface area contributed by atoms with E-state index >= 15 is 0 Å². The molecule has 0 spiro atoms. The number of hydrogen-bond donors (Lipinski definition) is 0. The Kier molecular flexibility index (Phi) is 3.23. The molecule has 21 heavy (non-hydrogen) atoms. The van der Waals surface area contributed by atoms with E-state index in [-0.39, 0.29) is 6.61 Å². The summed E-state index contributed by atoms with van der Waals surface area (Å²) in [7, 11) is 0. The van der Waals surface area contributed by atoms with Gasteiger partial charge in [-0.2, -0.15) is 10.0 Å². The van der Waals surface area contributed by atoms with Gasteiger partial charge in [0, 0.05) is 5.92 Å². The standard InChI is InChI=1S/C15H17N3O3/c1-15(2,17-20)9-21-13-6-5-12-11(8-19)7-16-18(12)14(13)10-3-4-10/h5-8,10H,3-4,9H2,1-2H3. The number of aromatic nitrogens is 2. The van der Waals surface area contributed by atoms with E-state index in [9.17, 15) is 9.70 Å². The fourth-order valence-electron chi connectivity index (χ4n) is 2.30. The number of rotatable bonds is 6. The van der Waals surface area contributed by atoms with Gasteiger partial charge in [0.15, 0.2) is 6.29 Å². The minimum atomic E-state index is -0.770. The summed E-state index contributed by atoms with van der Waals surface area (Å²) in [6.07, 6.45) is 4.54. The predicted molar refractivity (Wildman–Crippen MR) is 77.9 cm³/mol. The zero-order valence-electron chi connectivity index (χ0n) is 12.1. The number of nitrogens with zero attached hydrogens (tertiary/aromatic N) is 3. The average molecular weight is 287 g/mol. The molecule has 0 aromatic carbocycles. The zero-order chi connectivity index (χ0) is 15.0. The van der Waals surface area contributed by atoms with E-state index in [0.717, 1.165) is 30.3 Å². The lowest BCUT2D eigenvalue weighted by Gasteiger charge is -2.18. The van der Waals surface area contributed by atoms with Crippen molar-refractivity contribution in [1.29, 1.82) is 0 Å². The van der Waals surface area contributed by atoms with E-state index in [1.54, 1.807) is 24.6 Å². The molecule has 2 aromatic heterocycles. The number of nitroso groups, excluding NO2 is 1. The first-order valence-corrected chi connectivity index (χ1v) is 6.99. The van der Waals surface area contributed by atoms with E-state index in [4.69, 9.17) is 4.74 Å². The van der Waals surface area contributed by atoms with Gasteiger partial charge in [-0.25, -0.2) is 4.52 Å². The molecule has 110 valence electrons. The molecule has 0 aliphatic heterocycles. The molecule has 0 unspecified atom stereocenters. The lowest BCUT2D eigenvalue weighted by atomic mass is 10.1. The third kappa shape index (κ3) is 2.53. The van der Waals surface area contributed by atoms with E-state index < -0.39 is 5.54 Å². The smallest absolute Gasteiger partial charge is 0.153 e. The SMILES string of the molecule is CC(C)(COc1ccc2c(C=O)cnn2c1C1CC1)N=O. The van der Waals surface area contributed by atoms with Crippen LogP contribution in [0.25, 0.3) is 5.52 Å². The number of pyridine rings is 1. The molecule has 1 aliphatic carbocycles. The Morgan fingerprint density at radius 1 is 1.48 bits per heavy atom. The first-order chi connectivity index (χ1) is 10.1. The maximum Gasteiger partial charge on any atom is 0.153 e. The van der Waals surface area contributed by atoms with Gasteiger partial charge in [0.1, 0.15) is 17.9 Å². The van der Waals surface area contributed by atoms with E-state index in [1.807, 2.05) is 12.1 Å². The summed E-state index contributed by atoms with van der Waals surface area (Å²) in [5, 5.41) is 7.36. The zero-order valence-corrected chi connectivity index (χ0v) is 12.1. The lowest BCUT2D eigenvalue weighted by molar-refractivity contribution is 0.112. The van der Waals surface area contributed by atoms with Crippen molar-refractivity contribution in [3.05, 3.63) is 34.5 Å². The van der Waals surface area contributed by atoms with Crippen LogP contribution in [-0.4, -0.2) is 28.0 Å². The van der Waals surface area contributed by atoms with Gasteiger partial charge in [-0.05, 0) is 38.8 Å². The Morgan fingerprint density at radius 3 is 2.86 bits per heavy atom. The Balaban J connectivity index is 2.00. The van der Waals surface area contributed by atoms with Crippen molar-refractivity contribution in [3.8, 4) is 5.75 Å². The monoisotopic (exact) mass is 287 g/mol. The maximum absolute atomic E-state index is 11.0. The number of ether oxygens (including phenoxy) is 1. The van der Waals surface area contributed by atoms with Crippen molar-refractivity contribution < 1.29 is 9.53 Å². The molecule has 0 saturated heterocycles. The lowest BCUT2D eigenvalue weighted by Crippen LogP contribution is -2.26. The van der Waals surface area contributed by atoms with Gasteiger partial charge < -0.3 is 4.74 Å². The van der Waals surface area contributed by atoms with Crippen molar-refractivity contribution in [1.82, 2.24) is 9.61 Å². The quantitative estimate of drug-likeness (QED) is 0.605. The highest BCUT2D eigenvalue weighted by molar-refractivity contribution is 5.85. The van der Waals surface area contributed by atoms with Crippen LogP contribution in [0.15, 0.2) is 23.5 Å². The van der Waals surface area contributed by atoms with Gasteiger partial charge in [-0.3, -0.25) is 4.79 Å². The van der Waals surface area contributed by atoms with Gasteiger partial charge in [-0.15, -0.1) is 0 Å². The van der Waals surface area contributed by atoms with E-state index in [0.29, 0.717) is 17.2 Å². The van der Waals surface area contributed by atoms with Crippen LogP contribution in [0.1, 0.15) is 48.7 Å². The first kappa shape index (κ1) is 13.7. The summed E-state index contributed by atoms with van der Waals surface area (Å²) in [5.74, 6) is 1.11. The molecular formula is C15H17N3O3. The van der Waals surface area contributed by atoms with Crippen molar-refractivity contribution in [3.63, 3.8) is 0 Å². The number of carbonyl (C=O) groups is 1. The Labute approximate surface area is 122 Å². The second kappa shape index (κ2) is 4.95. The van der Waals surface area contributed by atoms with Crippen molar-refractivity contribution in [2.75, 3.05) is 6.61 Å².